The quantitative estimate of drug-likeness (QED) is 0.733. The number of ether oxygens (including phenoxy) is 1. The molecule has 0 spiro atoms. The van der Waals surface area contributed by atoms with Gasteiger partial charge in [-0.2, -0.15) is 0 Å². The minimum atomic E-state index is -0.478. The van der Waals surface area contributed by atoms with Gasteiger partial charge in [0.05, 0.1) is 18.1 Å². The first-order chi connectivity index (χ1) is 9.88. The van der Waals surface area contributed by atoms with Crippen molar-refractivity contribution >= 4 is 11.6 Å². The summed E-state index contributed by atoms with van der Waals surface area (Å²) in [5.74, 6) is 1.87. The van der Waals surface area contributed by atoms with Crippen LogP contribution in [0.15, 0.2) is 24.3 Å². The lowest BCUT2D eigenvalue weighted by Crippen LogP contribution is -3.14. The molecule has 0 bridgehead atoms. The summed E-state index contributed by atoms with van der Waals surface area (Å²) in [6.07, 6.45) is -0.478. The molecule has 3 nitrogen and oxygen atoms in total. The smallest absolute Gasteiger partial charge is 0.138 e. The van der Waals surface area contributed by atoms with Gasteiger partial charge in [0.25, 0.3) is 0 Å². The number of aliphatic hydroxyl groups excluding tert-OH is 1. The molecule has 0 saturated carbocycles. The van der Waals surface area contributed by atoms with Crippen LogP contribution >= 0.6 is 11.6 Å². The van der Waals surface area contributed by atoms with Crippen LogP contribution in [0.3, 0.4) is 0 Å². The number of rotatable bonds is 9. The molecule has 0 radical (unpaired) electrons. The number of para-hydroxylation sites is 1. The molecule has 1 aromatic carbocycles. The highest BCUT2D eigenvalue weighted by Gasteiger charge is 2.18. The molecule has 0 amide bonds. The van der Waals surface area contributed by atoms with Gasteiger partial charge in [-0.15, -0.1) is 0 Å². The number of hydrogen-bond acceptors (Lipinski definition) is 2. The number of nitrogens with one attached hydrogen (secondary N) is 1. The number of hydrogen-bond donors (Lipinski definition) is 2. The Labute approximate surface area is 133 Å². The summed E-state index contributed by atoms with van der Waals surface area (Å²) in [6.45, 7) is 12.0. The molecule has 0 fully saturated rings. The molecule has 0 aliphatic carbocycles. The fraction of sp³-hybridized carbons (Fsp3) is 0.647. The Bertz CT molecular complexity index is 400. The van der Waals surface area contributed by atoms with Crippen LogP contribution in [-0.4, -0.2) is 37.5 Å². The van der Waals surface area contributed by atoms with Crippen molar-refractivity contribution in [3.05, 3.63) is 29.3 Å². The first kappa shape index (κ1) is 18.3. The molecule has 1 atom stereocenters. The molecule has 1 rings (SSSR count). The van der Waals surface area contributed by atoms with Crippen LogP contribution in [-0.2, 0) is 0 Å². The second kappa shape index (κ2) is 9.29. The summed E-state index contributed by atoms with van der Waals surface area (Å²) < 4.78 is 5.61. The predicted octanol–water partition coefficient (Wildman–Crippen LogP) is 2.28. The highest BCUT2D eigenvalue weighted by Crippen LogP contribution is 2.22. The van der Waals surface area contributed by atoms with E-state index in [1.54, 1.807) is 6.07 Å². The fourth-order valence-corrected chi connectivity index (χ4v) is 2.73. The zero-order valence-corrected chi connectivity index (χ0v) is 14.4. The van der Waals surface area contributed by atoms with Crippen LogP contribution < -0.4 is 9.64 Å². The minimum absolute atomic E-state index is 0.281. The van der Waals surface area contributed by atoms with Gasteiger partial charge in [-0.25, -0.2) is 0 Å². The molecule has 21 heavy (non-hydrogen) atoms. The first-order valence-electron chi connectivity index (χ1n) is 7.77. The van der Waals surface area contributed by atoms with E-state index >= 15 is 0 Å². The molecule has 4 heteroatoms. The van der Waals surface area contributed by atoms with Gasteiger partial charge in [-0.1, -0.05) is 51.4 Å². The topological polar surface area (TPSA) is 33.9 Å². The monoisotopic (exact) mass is 314 g/mol. The van der Waals surface area contributed by atoms with E-state index < -0.39 is 6.10 Å². The van der Waals surface area contributed by atoms with Crippen LogP contribution in [0.2, 0.25) is 5.02 Å². The first-order valence-corrected chi connectivity index (χ1v) is 8.15. The minimum Gasteiger partial charge on any atom is -0.489 e. The molecule has 120 valence electrons. The zero-order chi connectivity index (χ0) is 15.8. The largest absolute Gasteiger partial charge is 0.489 e. The summed E-state index contributed by atoms with van der Waals surface area (Å²) in [5, 5.41) is 10.8. The molecule has 0 heterocycles. The van der Waals surface area contributed by atoms with Crippen LogP contribution in [0.4, 0.5) is 0 Å². The molecule has 0 aliphatic rings. The molecule has 2 N–H and O–H groups in total. The third-order valence-electron chi connectivity index (χ3n) is 3.19. The average molecular weight is 315 g/mol. The van der Waals surface area contributed by atoms with Gasteiger partial charge >= 0.3 is 0 Å². The van der Waals surface area contributed by atoms with E-state index in [2.05, 4.69) is 27.7 Å². The Morgan fingerprint density at radius 3 is 2.14 bits per heavy atom. The average Bonchev–Trinajstić information content (AvgIpc) is 2.36. The van der Waals surface area contributed by atoms with Crippen LogP contribution in [0.5, 0.6) is 5.75 Å². The van der Waals surface area contributed by atoms with Crippen molar-refractivity contribution in [1.29, 1.82) is 0 Å². The van der Waals surface area contributed by atoms with Crippen molar-refractivity contribution < 1.29 is 14.7 Å². The molecule has 0 saturated heterocycles. The van der Waals surface area contributed by atoms with Crippen molar-refractivity contribution in [3.63, 3.8) is 0 Å². The highest BCUT2D eigenvalue weighted by molar-refractivity contribution is 6.32. The molecule has 0 aromatic heterocycles. The van der Waals surface area contributed by atoms with Gasteiger partial charge in [-0.05, 0) is 12.1 Å². The van der Waals surface area contributed by atoms with Crippen LogP contribution in [0.25, 0.3) is 0 Å². The third-order valence-corrected chi connectivity index (χ3v) is 3.50. The Hall–Kier alpha value is -0.770. The SMILES string of the molecule is CC(C)C[NH+](CC(C)C)C[C@H](O)COc1ccccc1Cl. The number of halogens is 1. The van der Waals surface area contributed by atoms with Gasteiger partial charge < -0.3 is 14.7 Å². The van der Waals surface area contributed by atoms with E-state index in [-0.39, 0.29) is 6.61 Å². The Morgan fingerprint density at radius 1 is 1.05 bits per heavy atom. The predicted molar refractivity (Wildman–Crippen MR) is 88.2 cm³/mol. The summed E-state index contributed by atoms with van der Waals surface area (Å²) in [4.78, 5) is 1.43. The molecule has 0 aliphatic heterocycles. The summed E-state index contributed by atoms with van der Waals surface area (Å²) in [5.41, 5.74) is 0. The van der Waals surface area contributed by atoms with Gasteiger partial charge in [0.15, 0.2) is 0 Å². The lowest BCUT2D eigenvalue weighted by atomic mass is 10.1. The van der Waals surface area contributed by atoms with E-state index in [0.29, 0.717) is 29.2 Å². The lowest BCUT2D eigenvalue weighted by molar-refractivity contribution is -0.909. The van der Waals surface area contributed by atoms with E-state index in [1.807, 2.05) is 18.2 Å². The fourth-order valence-electron chi connectivity index (χ4n) is 2.54. The second-order valence-electron chi connectivity index (χ2n) is 6.55. The van der Waals surface area contributed by atoms with E-state index in [4.69, 9.17) is 16.3 Å². The molecule has 0 unspecified atom stereocenters. The zero-order valence-electron chi connectivity index (χ0n) is 13.6. The van der Waals surface area contributed by atoms with E-state index in [9.17, 15) is 5.11 Å². The van der Waals surface area contributed by atoms with Crippen LogP contribution in [0, 0.1) is 11.8 Å². The van der Waals surface area contributed by atoms with E-state index in [1.165, 1.54) is 4.90 Å². The van der Waals surface area contributed by atoms with Crippen molar-refractivity contribution in [2.75, 3.05) is 26.2 Å². The third kappa shape index (κ3) is 7.70. The maximum Gasteiger partial charge on any atom is 0.138 e. The Morgan fingerprint density at radius 2 is 1.62 bits per heavy atom. The van der Waals surface area contributed by atoms with Crippen molar-refractivity contribution in [1.82, 2.24) is 0 Å². The lowest BCUT2D eigenvalue weighted by Gasteiger charge is -2.25. The van der Waals surface area contributed by atoms with Gasteiger partial charge in [0, 0.05) is 11.8 Å². The molecular weight excluding hydrogens is 286 g/mol. The molecular formula is C17H29ClNO2+. The van der Waals surface area contributed by atoms with Gasteiger partial charge in [-0.3, -0.25) is 0 Å². The maximum absolute atomic E-state index is 10.2. The van der Waals surface area contributed by atoms with E-state index in [0.717, 1.165) is 13.1 Å². The number of aliphatic hydroxyl groups is 1. The standard InChI is InChI=1S/C17H28ClNO2/c1-13(2)9-19(10-14(3)4)11-15(20)12-21-17-8-6-5-7-16(17)18/h5-8,13-15,20H,9-12H2,1-4H3/p+1/t15-/m0/s1. The van der Waals surface area contributed by atoms with Crippen molar-refractivity contribution in [3.8, 4) is 5.75 Å². The van der Waals surface area contributed by atoms with Gasteiger partial charge in [0.1, 0.15) is 25.0 Å². The summed E-state index contributed by atoms with van der Waals surface area (Å²) >= 11 is 6.04. The Balaban J connectivity index is 2.46. The number of benzene rings is 1. The Kier molecular flexibility index (Phi) is 8.09. The van der Waals surface area contributed by atoms with Crippen molar-refractivity contribution in [2.24, 2.45) is 11.8 Å². The number of quaternary nitrogens is 1. The van der Waals surface area contributed by atoms with Gasteiger partial charge in [0.2, 0.25) is 0 Å². The van der Waals surface area contributed by atoms with Crippen molar-refractivity contribution in [2.45, 2.75) is 33.8 Å². The second-order valence-corrected chi connectivity index (χ2v) is 6.95. The normalized spacial score (nSPS) is 13.2. The highest BCUT2D eigenvalue weighted by atomic mass is 35.5. The van der Waals surface area contributed by atoms with Crippen LogP contribution in [0.1, 0.15) is 27.7 Å². The summed E-state index contributed by atoms with van der Waals surface area (Å²) in [7, 11) is 0. The summed E-state index contributed by atoms with van der Waals surface area (Å²) in [6, 6.07) is 7.35. The maximum atomic E-state index is 10.2. The molecule has 1 aromatic rings.